The maximum absolute atomic E-state index is 9.70. The van der Waals surface area contributed by atoms with Crippen LogP contribution in [-0.2, 0) is 13.2 Å². The minimum absolute atomic E-state index is 0.478. The number of nitrogens with zero attached hydrogens (tertiary/aromatic N) is 3. The van der Waals surface area contributed by atoms with E-state index < -0.39 is 0 Å². The lowest BCUT2D eigenvalue weighted by atomic mass is 10.1. The second kappa shape index (κ2) is 10.1. The largest absolute Gasteiger partial charge is 0.487 e. The molecule has 0 aliphatic carbocycles. The van der Waals surface area contributed by atoms with Crippen molar-refractivity contribution in [1.82, 2.24) is 9.55 Å². The zero-order valence-corrected chi connectivity index (χ0v) is 22.1. The molecule has 0 atom stereocenters. The van der Waals surface area contributed by atoms with E-state index in [1.807, 2.05) is 71.3 Å². The highest BCUT2D eigenvalue weighted by Crippen LogP contribution is 2.31. The van der Waals surface area contributed by atoms with Crippen LogP contribution in [0.25, 0.3) is 17.1 Å². The Labute approximate surface area is 216 Å². The molecule has 1 aromatic heterocycles. The van der Waals surface area contributed by atoms with Gasteiger partial charge in [0.15, 0.2) is 0 Å². The van der Waals surface area contributed by atoms with Crippen molar-refractivity contribution in [2.24, 2.45) is 0 Å². The molecule has 0 aliphatic heterocycles. The second-order valence-electron chi connectivity index (χ2n) is 6.87. The van der Waals surface area contributed by atoms with Crippen LogP contribution in [0, 0.1) is 18.5 Å². The van der Waals surface area contributed by atoms with Crippen molar-refractivity contribution in [1.29, 1.82) is 5.26 Å². The molecule has 0 aliphatic rings. The molecule has 4 nitrogen and oxygen atoms in total. The minimum atomic E-state index is 0.478. The summed E-state index contributed by atoms with van der Waals surface area (Å²) < 4.78 is 11.2. The summed E-state index contributed by atoms with van der Waals surface area (Å²) in [6.07, 6.45) is 3.71. The van der Waals surface area contributed by atoms with Gasteiger partial charge < -0.3 is 9.30 Å². The zero-order valence-electron chi connectivity index (χ0n) is 16.2. The Kier molecular flexibility index (Phi) is 7.30. The van der Waals surface area contributed by atoms with Crippen molar-refractivity contribution in [3.05, 3.63) is 95.3 Å². The first-order valence-electron chi connectivity index (χ1n) is 9.40. The van der Waals surface area contributed by atoms with Crippen molar-refractivity contribution in [3.63, 3.8) is 0 Å². The Morgan fingerprint density at radius 2 is 1.81 bits per heavy atom. The van der Waals surface area contributed by atoms with Crippen LogP contribution >= 0.6 is 61.1 Å². The van der Waals surface area contributed by atoms with E-state index in [-0.39, 0.29) is 0 Å². The predicted octanol–water partition coefficient (Wildman–Crippen LogP) is 7.19. The van der Waals surface area contributed by atoms with Crippen LogP contribution in [0.5, 0.6) is 5.75 Å². The summed E-state index contributed by atoms with van der Waals surface area (Å²) in [4.78, 5) is 4.41. The summed E-state index contributed by atoms with van der Waals surface area (Å²) in [5.41, 5.74) is 4.70. The molecule has 154 valence electrons. The molecule has 0 saturated heterocycles. The number of allylic oxidation sites excluding steroid dienone is 1. The van der Waals surface area contributed by atoms with Crippen LogP contribution in [0.15, 0.2) is 77.0 Å². The van der Waals surface area contributed by atoms with Gasteiger partial charge in [0.2, 0.25) is 0 Å². The molecular formula is C24H16BrI2N3O. The van der Waals surface area contributed by atoms with Gasteiger partial charge in [0.05, 0.1) is 37.1 Å². The third kappa shape index (κ3) is 5.48. The first-order chi connectivity index (χ1) is 15.0. The van der Waals surface area contributed by atoms with E-state index in [2.05, 4.69) is 72.2 Å². The van der Waals surface area contributed by atoms with Crippen LogP contribution in [0.3, 0.4) is 0 Å². The molecule has 0 bridgehead atoms. The first-order valence-corrected chi connectivity index (χ1v) is 12.4. The summed E-state index contributed by atoms with van der Waals surface area (Å²) in [5, 5.41) is 9.70. The number of para-hydroxylation sites is 2. The number of benzene rings is 3. The molecular weight excluding hydrogens is 680 g/mol. The Morgan fingerprint density at radius 3 is 2.52 bits per heavy atom. The van der Waals surface area contributed by atoms with Crippen LogP contribution in [0.2, 0.25) is 0 Å². The zero-order chi connectivity index (χ0) is 21.8. The highest BCUT2D eigenvalue weighted by atomic mass is 127. The SMILES string of the molecule is N#C/C(=C/c1cc(I)c(OCc2ccc(Br)cc2)c(I)c1)Cn1cnc2ccccc21. The summed E-state index contributed by atoms with van der Waals surface area (Å²) in [7, 11) is 0. The molecule has 4 aromatic rings. The van der Waals surface area contributed by atoms with Crippen molar-refractivity contribution in [2.45, 2.75) is 13.2 Å². The number of fused-ring (bicyclic) bond motifs is 1. The molecule has 0 amide bonds. The normalized spacial score (nSPS) is 11.5. The summed E-state index contributed by atoms with van der Waals surface area (Å²) in [6.45, 7) is 0.984. The van der Waals surface area contributed by atoms with Crippen LogP contribution in [0.4, 0.5) is 0 Å². The lowest BCUT2D eigenvalue weighted by Gasteiger charge is -2.12. The van der Waals surface area contributed by atoms with E-state index in [4.69, 9.17) is 4.74 Å². The molecule has 0 saturated carbocycles. The Balaban J connectivity index is 1.54. The number of ether oxygens (including phenoxy) is 1. The average molecular weight is 696 g/mol. The molecule has 7 heteroatoms. The lowest BCUT2D eigenvalue weighted by Crippen LogP contribution is -2.00. The number of imidazole rings is 1. The molecule has 31 heavy (non-hydrogen) atoms. The lowest BCUT2D eigenvalue weighted by molar-refractivity contribution is 0.301. The van der Waals surface area contributed by atoms with Gasteiger partial charge in [-0.1, -0.05) is 40.2 Å². The number of nitriles is 1. The molecule has 0 spiro atoms. The van der Waals surface area contributed by atoms with Gasteiger partial charge in [0, 0.05) is 10.0 Å². The fourth-order valence-electron chi connectivity index (χ4n) is 3.17. The number of rotatable bonds is 6. The third-order valence-corrected chi connectivity index (χ3v) is 6.80. The van der Waals surface area contributed by atoms with E-state index >= 15 is 0 Å². The maximum Gasteiger partial charge on any atom is 0.146 e. The average Bonchev–Trinajstić information content (AvgIpc) is 3.17. The van der Waals surface area contributed by atoms with Crippen LogP contribution in [-0.4, -0.2) is 9.55 Å². The minimum Gasteiger partial charge on any atom is -0.487 e. The second-order valence-corrected chi connectivity index (χ2v) is 10.1. The fourth-order valence-corrected chi connectivity index (χ4v) is 5.56. The quantitative estimate of drug-likeness (QED) is 0.159. The van der Waals surface area contributed by atoms with Crippen LogP contribution in [0.1, 0.15) is 11.1 Å². The molecule has 0 N–H and O–H groups in total. The molecule has 0 fully saturated rings. The third-order valence-electron chi connectivity index (χ3n) is 4.67. The van der Waals surface area contributed by atoms with Gasteiger partial charge in [0.25, 0.3) is 0 Å². The number of hydrogen-bond acceptors (Lipinski definition) is 3. The van der Waals surface area contributed by atoms with E-state index in [0.717, 1.165) is 39.5 Å². The highest BCUT2D eigenvalue weighted by Gasteiger charge is 2.10. The van der Waals surface area contributed by atoms with E-state index in [9.17, 15) is 5.26 Å². The van der Waals surface area contributed by atoms with E-state index in [1.165, 1.54) is 0 Å². The van der Waals surface area contributed by atoms with Crippen molar-refractivity contribution in [2.75, 3.05) is 0 Å². The molecule has 0 unspecified atom stereocenters. The number of halogens is 3. The van der Waals surface area contributed by atoms with E-state index in [0.29, 0.717) is 18.7 Å². The topological polar surface area (TPSA) is 50.8 Å². The number of hydrogen-bond donors (Lipinski definition) is 0. The van der Waals surface area contributed by atoms with Gasteiger partial charge in [-0.2, -0.15) is 5.26 Å². The molecule has 0 radical (unpaired) electrons. The van der Waals surface area contributed by atoms with Gasteiger partial charge in [0.1, 0.15) is 12.4 Å². The summed E-state index contributed by atoms with van der Waals surface area (Å²) in [6, 6.07) is 22.5. The Hall–Kier alpha value is -1.90. The van der Waals surface area contributed by atoms with Gasteiger partial charge in [-0.15, -0.1) is 0 Å². The predicted molar refractivity (Wildman–Crippen MR) is 144 cm³/mol. The van der Waals surface area contributed by atoms with Crippen molar-refractivity contribution >= 4 is 78.2 Å². The summed E-state index contributed by atoms with van der Waals surface area (Å²) in [5.74, 6) is 0.861. The van der Waals surface area contributed by atoms with E-state index in [1.54, 1.807) is 6.33 Å². The molecule has 3 aromatic carbocycles. The maximum atomic E-state index is 9.70. The summed E-state index contributed by atoms with van der Waals surface area (Å²) >= 11 is 8.03. The first kappa shape index (κ1) is 22.3. The number of aromatic nitrogens is 2. The van der Waals surface area contributed by atoms with Crippen LogP contribution < -0.4 is 4.74 Å². The van der Waals surface area contributed by atoms with Crippen molar-refractivity contribution in [3.8, 4) is 11.8 Å². The highest BCUT2D eigenvalue weighted by molar-refractivity contribution is 14.1. The van der Waals surface area contributed by atoms with Gasteiger partial charge >= 0.3 is 0 Å². The van der Waals surface area contributed by atoms with Gasteiger partial charge in [-0.05, 0) is 98.8 Å². The fraction of sp³-hybridized carbons (Fsp3) is 0.0833. The Bertz CT molecular complexity index is 1280. The molecule has 4 rings (SSSR count). The van der Waals surface area contributed by atoms with Gasteiger partial charge in [-0.25, -0.2) is 4.98 Å². The Morgan fingerprint density at radius 1 is 1.10 bits per heavy atom. The van der Waals surface area contributed by atoms with Gasteiger partial charge in [-0.3, -0.25) is 0 Å². The standard InChI is InChI=1S/C24H16BrI2N3O/c25-19-7-5-16(6-8-19)14-31-24-20(26)10-17(11-21(24)27)9-18(12-28)13-30-15-29-22-3-1-2-4-23(22)30/h1-11,15H,13-14H2/b18-9-. The monoisotopic (exact) mass is 695 g/mol. The van der Waals surface area contributed by atoms with Crippen molar-refractivity contribution < 1.29 is 4.74 Å². The molecule has 1 heterocycles. The smallest absolute Gasteiger partial charge is 0.146 e.